The lowest BCUT2D eigenvalue weighted by Gasteiger charge is -2.34. The van der Waals surface area contributed by atoms with Crippen molar-refractivity contribution in [3.8, 4) is 0 Å². The van der Waals surface area contributed by atoms with Crippen molar-refractivity contribution in [3.63, 3.8) is 0 Å². The lowest BCUT2D eigenvalue weighted by Crippen LogP contribution is -2.39. The number of carbonyl (C=O) groups excluding carboxylic acids is 2. The normalized spacial score (nSPS) is 15.8. The van der Waals surface area contributed by atoms with E-state index in [0.29, 0.717) is 34.8 Å². The first-order valence-electron chi connectivity index (χ1n) is 11.0. The SMILES string of the molecule is Nc1ccc(CN(C2=C(N3CCCC3)C(=O)c3ccccc3C2=O)c2ccccc2)cc1. The van der Waals surface area contributed by atoms with Gasteiger partial charge < -0.3 is 15.5 Å². The molecule has 1 aliphatic heterocycles. The van der Waals surface area contributed by atoms with E-state index >= 15 is 0 Å². The van der Waals surface area contributed by atoms with Gasteiger partial charge in [0.1, 0.15) is 11.4 Å². The minimum Gasteiger partial charge on any atom is -0.399 e. The van der Waals surface area contributed by atoms with Crippen molar-refractivity contribution in [2.75, 3.05) is 23.7 Å². The molecule has 1 saturated heterocycles. The van der Waals surface area contributed by atoms with Crippen molar-refractivity contribution in [2.45, 2.75) is 19.4 Å². The molecule has 0 amide bonds. The Bertz CT molecular complexity index is 1190. The summed E-state index contributed by atoms with van der Waals surface area (Å²) < 4.78 is 0. The van der Waals surface area contributed by atoms with Crippen LogP contribution in [0.15, 0.2) is 90.3 Å². The minimum atomic E-state index is -0.110. The molecule has 1 aliphatic carbocycles. The van der Waals surface area contributed by atoms with Crippen LogP contribution < -0.4 is 10.6 Å². The van der Waals surface area contributed by atoms with Crippen LogP contribution in [0.4, 0.5) is 11.4 Å². The number of ketones is 2. The van der Waals surface area contributed by atoms with Crippen molar-refractivity contribution in [3.05, 3.63) is 107 Å². The highest BCUT2D eigenvalue weighted by Crippen LogP contribution is 2.35. The molecule has 0 unspecified atom stereocenters. The molecule has 5 nitrogen and oxygen atoms in total. The first kappa shape index (κ1) is 20.1. The predicted octanol–water partition coefficient (Wildman–Crippen LogP) is 4.66. The van der Waals surface area contributed by atoms with E-state index in [4.69, 9.17) is 5.73 Å². The second-order valence-electron chi connectivity index (χ2n) is 8.26. The third-order valence-electron chi connectivity index (χ3n) is 6.15. The number of rotatable bonds is 5. The molecule has 3 aromatic rings. The maximum atomic E-state index is 13.9. The molecule has 3 aromatic carbocycles. The number of benzene rings is 3. The average Bonchev–Trinajstić information content (AvgIpc) is 3.36. The quantitative estimate of drug-likeness (QED) is 0.605. The summed E-state index contributed by atoms with van der Waals surface area (Å²) in [5.41, 5.74) is 10.4. The van der Waals surface area contributed by atoms with E-state index in [1.807, 2.05) is 71.6 Å². The van der Waals surface area contributed by atoms with Gasteiger partial charge in [-0.2, -0.15) is 0 Å². The number of nitrogens with zero attached hydrogens (tertiary/aromatic N) is 2. The van der Waals surface area contributed by atoms with E-state index in [9.17, 15) is 9.59 Å². The highest BCUT2D eigenvalue weighted by Gasteiger charge is 2.38. The third-order valence-corrected chi connectivity index (χ3v) is 6.15. The second-order valence-corrected chi connectivity index (χ2v) is 8.26. The Morgan fingerprint density at radius 1 is 0.750 bits per heavy atom. The number of nitrogen functional groups attached to an aromatic ring is 1. The summed E-state index contributed by atoms with van der Waals surface area (Å²) in [5.74, 6) is -0.184. The molecule has 0 radical (unpaired) electrons. The fraction of sp³-hybridized carbons (Fsp3) is 0.185. The molecule has 5 heteroatoms. The summed E-state index contributed by atoms with van der Waals surface area (Å²) in [6, 6.07) is 24.6. The van der Waals surface area contributed by atoms with Gasteiger partial charge in [0.05, 0.1) is 0 Å². The number of hydrogen-bond acceptors (Lipinski definition) is 5. The first-order chi connectivity index (χ1) is 15.6. The van der Waals surface area contributed by atoms with Crippen LogP contribution in [0.25, 0.3) is 0 Å². The molecule has 2 N–H and O–H groups in total. The lowest BCUT2D eigenvalue weighted by molar-refractivity contribution is 0.0944. The Hall–Kier alpha value is -3.86. The smallest absolute Gasteiger partial charge is 0.212 e. The van der Waals surface area contributed by atoms with Crippen LogP contribution in [-0.4, -0.2) is 29.6 Å². The number of likely N-dealkylation sites (tertiary alicyclic amines) is 1. The standard InChI is InChI=1S/C27H25N3O2/c28-20-14-12-19(13-15-20)18-30(21-8-2-1-3-9-21)25-24(29-16-6-7-17-29)26(31)22-10-4-5-11-23(22)27(25)32/h1-5,8-15H,6-7,16-18,28H2. The van der Waals surface area contributed by atoms with Crippen molar-refractivity contribution >= 4 is 22.9 Å². The lowest BCUT2D eigenvalue weighted by atomic mass is 9.88. The van der Waals surface area contributed by atoms with E-state index < -0.39 is 0 Å². The Kier molecular flexibility index (Phi) is 5.23. The molecule has 0 atom stereocenters. The maximum Gasteiger partial charge on any atom is 0.212 e. The Morgan fingerprint density at radius 3 is 2.00 bits per heavy atom. The molecular weight excluding hydrogens is 398 g/mol. The van der Waals surface area contributed by atoms with Crippen molar-refractivity contribution in [2.24, 2.45) is 0 Å². The van der Waals surface area contributed by atoms with Gasteiger partial charge in [0.15, 0.2) is 0 Å². The third kappa shape index (κ3) is 3.56. The number of Topliss-reactive ketones (excluding diaryl/α,β-unsaturated/α-hetero) is 2. The Balaban J connectivity index is 1.70. The fourth-order valence-corrected chi connectivity index (χ4v) is 4.55. The van der Waals surface area contributed by atoms with Gasteiger partial charge in [-0.15, -0.1) is 0 Å². The molecule has 0 bridgehead atoms. The number of fused-ring (bicyclic) bond motifs is 1. The highest BCUT2D eigenvalue weighted by atomic mass is 16.1. The zero-order valence-corrected chi connectivity index (χ0v) is 17.8. The van der Waals surface area contributed by atoms with Gasteiger partial charge in [-0.05, 0) is 42.7 Å². The molecular formula is C27H25N3O2. The van der Waals surface area contributed by atoms with Crippen molar-refractivity contribution in [1.29, 1.82) is 0 Å². The van der Waals surface area contributed by atoms with Gasteiger partial charge in [0, 0.05) is 42.1 Å². The Morgan fingerprint density at radius 2 is 1.34 bits per heavy atom. The van der Waals surface area contributed by atoms with Crippen LogP contribution in [0.1, 0.15) is 39.1 Å². The largest absolute Gasteiger partial charge is 0.399 e. The monoisotopic (exact) mass is 423 g/mol. The summed E-state index contributed by atoms with van der Waals surface area (Å²) in [7, 11) is 0. The van der Waals surface area contributed by atoms with Gasteiger partial charge >= 0.3 is 0 Å². The van der Waals surface area contributed by atoms with Gasteiger partial charge in [-0.3, -0.25) is 9.59 Å². The van der Waals surface area contributed by atoms with Crippen LogP contribution in [0.5, 0.6) is 0 Å². The summed E-state index contributed by atoms with van der Waals surface area (Å²) in [6.07, 6.45) is 2.03. The maximum absolute atomic E-state index is 13.9. The molecule has 2 aliphatic rings. The van der Waals surface area contributed by atoms with Gasteiger partial charge in [-0.1, -0.05) is 54.6 Å². The molecule has 0 saturated carbocycles. The number of nitrogens with two attached hydrogens (primary N) is 1. The zero-order chi connectivity index (χ0) is 22.1. The Labute approximate surface area is 187 Å². The first-order valence-corrected chi connectivity index (χ1v) is 11.0. The number of carbonyl (C=O) groups is 2. The van der Waals surface area contributed by atoms with Crippen molar-refractivity contribution < 1.29 is 9.59 Å². The van der Waals surface area contributed by atoms with E-state index in [1.165, 1.54) is 0 Å². The second kappa shape index (κ2) is 8.35. The number of anilines is 2. The average molecular weight is 424 g/mol. The van der Waals surface area contributed by atoms with Crippen LogP contribution in [0.3, 0.4) is 0 Å². The van der Waals surface area contributed by atoms with Gasteiger partial charge in [-0.25, -0.2) is 0 Å². The molecule has 1 heterocycles. The van der Waals surface area contributed by atoms with E-state index in [-0.39, 0.29) is 11.6 Å². The number of para-hydroxylation sites is 1. The predicted molar refractivity (Wildman–Crippen MR) is 126 cm³/mol. The van der Waals surface area contributed by atoms with Crippen molar-refractivity contribution in [1.82, 2.24) is 4.90 Å². The van der Waals surface area contributed by atoms with E-state index in [1.54, 1.807) is 12.1 Å². The topological polar surface area (TPSA) is 66.6 Å². The molecule has 160 valence electrons. The van der Waals surface area contributed by atoms with E-state index in [0.717, 1.165) is 37.2 Å². The number of allylic oxidation sites excluding steroid dienone is 2. The summed E-state index contributed by atoms with van der Waals surface area (Å²) in [6.45, 7) is 2.02. The molecule has 1 fully saturated rings. The summed E-state index contributed by atoms with van der Waals surface area (Å²) in [4.78, 5) is 31.7. The summed E-state index contributed by atoms with van der Waals surface area (Å²) in [5, 5.41) is 0. The molecule has 32 heavy (non-hydrogen) atoms. The number of hydrogen-bond donors (Lipinski definition) is 1. The van der Waals surface area contributed by atoms with E-state index in [2.05, 4.69) is 4.90 Å². The van der Waals surface area contributed by atoms with Crippen LogP contribution in [-0.2, 0) is 6.54 Å². The molecule has 0 spiro atoms. The minimum absolute atomic E-state index is 0.0738. The molecule has 5 rings (SSSR count). The van der Waals surface area contributed by atoms with Crippen LogP contribution in [0.2, 0.25) is 0 Å². The fourth-order valence-electron chi connectivity index (χ4n) is 4.55. The van der Waals surface area contributed by atoms with Gasteiger partial charge in [0.2, 0.25) is 11.6 Å². The highest BCUT2D eigenvalue weighted by molar-refractivity contribution is 6.27. The zero-order valence-electron chi connectivity index (χ0n) is 17.8. The van der Waals surface area contributed by atoms with Gasteiger partial charge in [0.25, 0.3) is 0 Å². The summed E-state index contributed by atoms with van der Waals surface area (Å²) >= 11 is 0. The van der Waals surface area contributed by atoms with Crippen LogP contribution >= 0.6 is 0 Å². The molecule has 0 aromatic heterocycles. The van der Waals surface area contributed by atoms with Crippen LogP contribution in [0, 0.1) is 0 Å².